The number of nitrogens with zero attached hydrogens (tertiary/aromatic N) is 2. The minimum atomic E-state index is 0.114. The number of aromatic nitrogens is 1. The first-order valence-corrected chi connectivity index (χ1v) is 9.92. The highest BCUT2D eigenvalue weighted by Gasteiger charge is 2.22. The van der Waals surface area contributed by atoms with Gasteiger partial charge in [-0.15, -0.1) is 11.3 Å². The summed E-state index contributed by atoms with van der Waals surface area (Å²) in [5.41, 5.74) is 1.86. The molecule has 1 aromatic carbocycles. The maximum Gasteiger partial charge on any atom is 0.273 e. The SMILES string of the molecule is CCCC1CCCN(C(=O)c2csc(Cc3ccccc3)n2)CC1. The average molecular weight is 343 g/mol. The van der Waals surface area contributed by atoms with Crippen LogP contribution in [0.15, 0.2) is 35.7 Å². The van der Waals surface area contributed by atoms with Gasteiger partial charge in [0.05, 0.1) is 5.01 Å². The van der Waals surface area contributed by atoms with Crippen LogP contribution in [-0.2, 0) is 6.42 Å². The second-order valence-electron chi connectivity index (χ2n) is 6.67. The van der Waals surface area contributed by atoms with Gasteiger partial charge in [0.25, 0.3) is 5.91 Å². The summed E-state index contributed by atoms with van der Waals surface area (Å²) in [5.74, 6) is 0.902. The fourth-order valence-corrected chi connectivity index (χ4v) is 4.29. The van der Waals surface area contributed by atoms with Crippen molar-refractivity contribution in [2.75, 3.05) is 13.1 Å². The number of hydrogen-bond donors (Lipinski definition) is 0. The predicted molar refractivity (Wildman–Crippen MR) is 99.5 cm³/mol. The smallest absolute Gasteiger partial charge is 0.273 e. The molecule has 1 atom stereocenters. The molecule has 1 aliphatic rings. The highest BCUT2D eigenvalue weighted by atomic mass is 32.1. The Kier molecular flexibility index (Phi) is 6.02. The first kappa shape index (κ1) is 17.2. The molecule has 1 aliphatic heterocycles. The summed E-state index contributed by atoms with van der Waals surface area (Å²) in [6.07, 6.45) is 6.86. The lowest BCUT2D eigenvalue weighted by Crippen LogP contribution is -2.32. The van der Waals surface area contributed by atoms with E-state index in [1.807, 2.05) is 28.5 Å². The zero-order valence-corrected chi connectivity index (χ0v) is 15.2. The summed E-state index contributed by atoms with van der Waals surface area (Å²) < 4.78 is 0. The van der Waals surface area contributed by atoms with Gasteiger partial charge in [-0.05, 0) is 30.7 Å². The number of carbonyl (C=O) groups excluding carboxylic acids is 1. The molecule has 1 fully saturated rings. The molecule has 3 nitrogen and oxygen atoms in total. The van der Waals surface area contributed by atoms with Gasteiger partial charge in [0, 0.05) is 24.9 Å². The van der Waals surface area contributed by atoms with Crippen molar-refractivity contribution in [1.29, 1.82) is 0 Å². The van der Waals surface area contributed by atoms with Crippen LogP contribution >= 0.6 is 11.3 Å². The van der Waals surface area contributed by atoms with E-state index in [2.05, 4.69) is 24.0 Å². The Hall–Kier alpha value is -1.68. The van der Waals surface area contributed by atoms with Crippen LogP contribution in [0.5, 0.6) is 0 Å². The van der Waals surface area contributed by atoms with Crippen molar-refractivity contribution in [3.8, 4) is 0 Å². The number of benzene rings is 1. The van der Waals surface area contributed by atoms with Crippen LogP contribution < -0.4 is 0 Å². The van der Waals surface area contributed by atoms with Crippen molar-refractivity contribution in [2.24, 2.45) is 5.92 Å². The molecule has 1 saturated heterocycles. The van der Waals surface area contributed by atoms with Crippen LogP contribution in [0.25, 0.3) is 0 Å². The van der Waals surface area contributed by atoms with Gasteiger partial charge >= 0.3 is 0 Å². The van der Waals surface area contributed by atoms with Gasteiger partial charge in [-0.2, -0.15) is 0 Å². The Morgan fingerprint density at radius 3 is 2.88 bits per heavy atom. The first-order chi connectivity index (χ1) is 11.8. The minimum Gasteiger partial charge on any atom is -0.337 e. The standard InChI is InChI=1S/C20H26N2OS/c1-2-7-16-10-6-12-22(13-11-16)20(23)18-15-24-19(21-18)14-17-8-4-3-5-9-17/h3-5,8-9,15-16H,2,6-7,10-14H2,1H3. The third kappa shape index (κ3) is 4.44. The Morgan fingerprint density at radius 2 is 2.08 bits per heavy atom. The molecule has 4 heteroatoms. The summed E-state index contributed by atoms with van der Waals surface area (Å²) in [7, 11) is 0. The molecule has 1 aromatic heterocycles. The van der Waals surface area contributed by atoms with Crippen LogP contribution in [0.1, 0.15) is 60.1 Å². The van der Waals surface area contributed by atoms with E-state index in [0.29, 0.717) is 5.69 Å². The molecule has 1 amide bonds. The third-order valence-electron chi connectivity index (χ3n) is 4.80. The van der Waals surface area contributed by atoms with Crippen molar-refractivity contribution in [3.05, 3.63) is 52.0 Å². The quantitative estimate of drug-likeness (QED) is 0.784. The highest BCUT2D eigenvalue weighted by molar-refractivity contribution is 7.09. The molecule has 1 unspecified atom stereocenters. The largest absolute Gasteiger partial charge is 0.337 e. The lowest BCUT2D eigenvalue weighted by atomic mass is 9.96. The van der Waals surface area contributed by atoms with E-state index >= 15 is 0 Å². The number of amides is 1. The van der Waals surface area contributed by atoms with Crippen molar-refractivity contribution in [1.82, 2.24) is 9.88 Å². The molecule has 0 bridgehead atoms. The second-order valence-corrected chi connectivity index (χ2v) is 7.61. The molecule has 0 spiro atoms. The molecular formula is C20H26N2OS. The van der Waals surface area contributed by atoms with Gasteiger partial charge in [0.2, 0.25) is 0 Å². The molecular weight excluding hydrogens is 316 g/mol. The van der Waals surface area contributed by atoms with E-state index in [1.165, 1.54) is 24.8 Å². The summed E-state index contributed by atoms with van der Waals surface area (Å²) in [6.45, 7) is 4.01. The maximum absolute atomic E-state index is 12.8. The summed E-state index contributed by atoms with van der Waals surface area (Å²) in [6, 6.07) is 10.3. The molecule has 0 radical (unpaired) electrons. The van der Waals surface area contributed by atoms with Gasteiger partial charge in [0.1, 0.15) is 5.69 Å². The lowest BCUT2D eigenvalue weighted by Gasteiger charge is -2.19. The summed E-state index contributed by atoms with van der Waals surface area (Å²) in [5, 5.41) is 2.94. The monoisotopic (exact) mass is 342 g/mol. The van der Waals surface area contributed by atoms with Gasteiger partial charge in [-0.3, -0.25) is 4.79 Å². The fourth-order valence-electron chi connectivity index (χ4n) is 3.49. The molecule has 3 rings (SSSR count). The van der Waals surface area contributed by atoms with Gasteiger partial charge in [-0.1, -0.05) is 50.1 Å². The number of carbonyl (C=O) groups is 1. The number of rotatable bonds is 5. The van der Waals surface area contributed by atoms with E-state index in [0.717, 1.165) is 43.3 Å². The first-order valence-electron chi connectivity index (χ1n) is 9.04. The maximum atomic E-state index is 12.8. The lowest BCUT2D eigenvalue weighted by molar-refractivity contribution is 0.0754. The van der Waals surface area contributed by atoms with Crippen LogP contribution in [0.2, 0.25) is 0 Å². The minimum absolute atomic E-state index is 0.114. The van der Waals surface area contributed by atoms with E-state index in [4.69, 9.17) is 0 Å². The van der Waals surface area contributed by atoms with Gasteiger partial charge < -0.3 is 4.90 Å². The molecule has 128 valence electrons. The third-order valence-corrected chi connectivity index (χ3v) is 5.65. The van der Waals surface area contributed by atoms with Crippen molar-refractivity contribution in [2.45, 2.75) is 45.4 Å². The fraction of sp³-hybridized carbons (Fsp3) is 0.500. The molecule has 2 heterocycles. The van der Waals surface area contributed by atoms with Crippen LogP contribution in [0.3, 0.4) is 0 Å². The topological polar surface area (TPSA) is 33.2 Å². The van der Waals surface area contributed by atoms with Crippen LogP contribution in [0, 0.1) is 5.92 Å². The average Bonchev–Trinajstić information content (AvgIpc) is 2.93. The van der Waals surface area contributed by atoms with E-state index in [1.54, 1.807) is 11.3 Å². The van der Waals surface area contributed by atoms with Crippen molar-refractivity contribution < 1.29 is 4.79 Å². The van der Waals surface area contributed by atoms with E-state index in [9.17, 15) is 4.79 Å². The van der Waals surface area contributed by atoms with Crippen molar-refractivity contribution >= 4 is 17.2 Å². The molecule has 2 aromatic rings. The Morgan fingerprint density at radius 1 is 1.25 bits per heavy atom. The van der Waals surface area contributed by atoms with Crippen LogP contribution in [0.4, 0.5) is 0 Å². The predicted octanol–water partition coefficient (Wildman–Crippen LogP) is 4.78. The van der Waals surface area contributed by atoms with Gasteiger partial charge in [-0.25, -0.2) is 4.98 Å². The summed E-state index contributed by atoms with van der Waals surface area (Å²) >= 11 is 1.59. The van der Waals surface area contributed by atoms with E-state index < -0.39 is 0 Å². The Labute approximate surface area is 148 Å². The number of thiazole rings is 1. The zero-order chi connectivity index (χ0) is 16.8. The number of hydrogen-bond acceptors (Lipinski definition) is 3. The Bertz CT molecular complexity index is 653. The second kappa shape index (κ2) is 8.43. The zero-order valence-electron chi connectivity index (χ0n) is 14.4. The molecule has 0 saturated carbocycles. The van der Waals surface area contributed by atoms with Crippen molar-refractivity contribution in [3.63, 3.8) is 0 Å². The Balaban J connectivity index is 1.61. The highest BCUT2D eigenvalue weighted by Crippen LogP contribution is 2.23. The number of likely N-dealkylation sites (tertiary alicyclic amines) is 1. The van der Waals surface area contributed by atoms with E-state index in [-0.39, 0.29) is 5.91 Å². The molecule has 24 heavy (non-hydrogen) atoms. The van der Waals surface area contributed by atoms with Crippen LogP contribution in [-0.4, -0.2) is 28.9 Å². The molecule has 0 aliphatic carbocycles. The molecule has 0 N–H and O–H groups in total. The van der Waals surface area contributed by atoms with Gasteiger partial charge in [0.15, 0.2) is 0 Å². The summed E-state index contributed by atoms with van der Waals surface area (Å²) in [4.78, 5) is 19.4. The normalized spacial score (nSPS) is 18.4.